The number of hydrogen-bond donors (Lipinski definition) is 0. The van der Waals surface area contributed by atoms with E-state index in [1.807, 2.05) is 0 Å². The minimum atomic E-state index is 0. The Bertz CT molecular complexity index is 490. The Balaban J connectivity index is 0.00000185. The van der Waals surface area contributed by atoms with Crippen molar-refractivity contribution in [1.29, 1.82) is 0 Å². The van der Waals surface area contributed by atoms with E-state index in [0.717, 1.165) is 6.61 Å². The third-order valence-corrected chi connectivity index (χ3v) is 4.84. The van der Waals surface area contributed by atoms with Crippen molar-refractivity contribution in [1.82, 2.24) is 0 Å². The van der Waals surface area contributed by atoms with Gasteiger partial charge in [0.2, 0.25) is 0 Å². The Kier molecular flexibility index (Phi) is 12.9. The summed E-state index contributed by atoms with van der Waals surface area (Å²) in [5.74, 6) is 2.22. The molecule has 0 saturated heterocycles. The molecular weight excluding hydrogens is 424 g/mol. The monoisotopic (exact) mass is 457 g/mol. The van der Waals surface area contributed by atoms with Crippen LogP contribution in [0.3, 0.4) is 0 Å². The van der Waals surface area contributed by atoms with Crippen molar-refractivity contribution in [3.63, 3.8) is 0 Å². The van der Waals surface area contributed by atoms with Gasteiger partial charge in [-0.1, -0.05) is 52.3 Å². The van der Waals surface area contributed by atoms with Crippen LogP contribution in [0.15, 0.2) is 23.2 Å². The van der Waals surface area contributed by atoms with Crippen molar-refractivity contribution < 1.29 is 22.9 Å². The van der Waals surface area contributed by atoms with Crippen molar-refractivity contribution in [2.24, 2.45) is 16.8 Å². The van der Waals surface area contributed by atoms with Crippen molar-refractivity contribution in [2.45, 2.75) is 58.8 Å². The van der Waals surface area contributed by atoms with Gasteiger partial charge in [-0.15, -0.1) is 0 Å². The minimum absolute atomic E-state index is 0. The SMILES string of the molecule is COCC1CCCC1C=Nc1c(C(C)C)cccc1C(C)C.[CH3-].[Cl][Pd+]. The maximum atomic E-state index is 5.37. The second-order valence-electron chi connectivity index (χ2n) is 7.18. The second kappa shape index (κ2) is 13.0. The first-order valence-electron chi connectivity index (χ1n) is 8.82. The van der Waals surface area contributed by atoms with Gasteiger partial charge in [-0.2, -0.15) is 0 Å². The average Bonchev–Trinajstić information content (AvgIpc) is 3.01. The summed E-state index contributed by atoms with van der Waals surface area (Å²) in [4.78, 5) is 4.98. The van der Waals surface area contributed by atoms with Crippen LogP contribution < -0.4 is 0 Å². The molecule has 25 heavy (non-hydrogen) atoms. The van der Waals surface area contributed by atoms with Crippen molar-refractivity contribution in [3.8, 4) is 0 Å². The molecule has 0 aliphatic heterocycles. The second-order valence-corrected chi connectivity index (χ2v) is 7.18. The standard InChI is InChI=1S/C20H31NO.CH3.ClH.Pd/c1-14(2)18-10-7-11-19(15(3)4)20(18)21-12-16-8-6-9-17(16)13-22-5;;;/h7,10-12,14-17H,6,8-9,13H2,1-5H3;1H3;1H;/q;-1;;+2/p-1. The summed E-state index contributed by atoms with van der Waals surface area (Å²) in [6, 6.07) is 6.63. The predicted octanol–water partition coefficient (Wildman–Crippen LogP) is 6.84. The molecule has 1 aliphatic rings. The third-order valence-electron chi connectivity index (χ3n) is 4.84. The van der Waals surface area contributed by atoms with Crippen molar-refractivity contribution >= 4 is 21.4 Å². The summed E-state index contributed by atoms with van der Waals surface area (Å²) in [6.45, 7) is 9.87. The number of hydrogen-bond acceptors (Lipinski definition) is 2. The van der Waals surface area contributed by atoms with E-state index in [1.54, 1.807) is 7.11 Å². The molecule has 0 bridgehead atoms. The molecule has 0 amide bonds. The quantitative estimate of drug-likeness (QED) is 0.260. The van der Waals surface area contributed by atoms with E-state index in [-0.39, 0.29) is 7.43 Å². The van der Waals surface area contributed by atoms with Gasteiger partial charge >= 0.3 is 27.7 Å². The van der Waals surface area contributed by atoms with Gasteiger partial charge in [0.25, 0.3) is 0 Å². The molecule has 1 fully saturated rings. The maximum absolute atomic E-state index is 5.37. The van der Waals surface area contributed by atoms with E-state index >= 15 is 0 Å². The Morgan fingerprint density at radius 1 is 1.16 bits per heavy atom. The van der Waals surface area contributed by atoms with Crippen LogP contribution in [0.4, 0.5) is 5.69 Å². The number of aliphatic imine (C=N–C) groups is 1. The molecule has 146 valence electrons. The number of rotatable bonds is 6. The molecule has 1 aromatic rings. The molecule has 1 aliphatic carbocycles. The van der Waals surface area contributed by atoms with Gasteiger partial charge in [0.05, 0.1) is 5.69 Å². The van der Waals surface area contributed by atoms with E-state index in [0.29, 0.717) is 23.7 Å². The van der Waals surface area contributed by atoms with Gasteiger partial charge in [-0.3, -0.25) is 4.99 Å². The molecule has 1 saturated carbocycles. The van der Waals surface area contributed by atoms with Gasteiger partial charge in [0.15, 0.2) is 0 Å². The van der Waals surface area contributed by atoms with Crippen LogP contribution >= 0.6 is 9.53 Å². The summed E-state index contributed by atoms with van der Waals surface area (Å²) in [6.07, 6.45) is 6.03. The van der Waals surface area contributed by atoms with E-state index < -0.39 is 0 Å². The Labute approximate surface area is 170 Å². The summed E-state index contributed by atoms with van der Waals surface area (Å²) >= 11 is 2.22. The Morgan fingerprint density at radius 2 is 1.72 bits per heavy atom. The van der Waals surface area contributed by atoms with Crippen molar-refractivity contribution in [2.75, 3.05) is 13.7 Å². The van der Waals surface area contributed by atoms with E-state index in [2.05, 4.69) is 79.8 Å². The van der Waals surface area contributed by atoms with Crippen molar-refractivity contribution in [3.05, 3.63) is 36.8 Å². The Hall–Kier alpha value is -0.198. The molecule has 4 heteroatoms. The summed E-state index contributed by atoms with van der Waals surface area (Å²) in [5, 5.41) is 0. The Morgan fingerprint density at radius 3 is 2.20 bits per heavy atom. The van der Waals surface area contributed by atoms with Crippen LogP contribution in [0.5, 0.6) is 0 Å². The first kappa shape index (κ1) is 24.8. The van der Waals surface area contributed by atoms with Gasteiger partial charge in [-0.05, 0) is 47.6 Å². The molecule has 0 aromatic heterocycles. The molecule has 0 spiro atoms. The number of methoxy groups -OCH3 is 1. The fraction of sp³-hybridized carbons (Fsp3) is 0.619. The zero-order chi connectivity index (χ0) is 18.1. The van der Waals surface area contributed by atoms with Crippen LogP contribution in [-0.2, 0) is 22.9 Å². The van der Waals surface area contributed by atoms with Gasteiger partial charge in [0, 0.05) is 19.9 Å². The van der Waals surface area contributed by atoms with Crippen LogP contribution in [0.1, 0.15) is 69.9 Å². The van der Waals surface area contributed by atoms with Crippen LogP contribution in [0.2, 0.25) is 0 Å². The van der Waals surface area contributed by atoms with Crippen LogP contribution in [0.25, 0.3) is 0 Å². The molecule has 2 atom stereocenters. The molecular formula is C21H34ClNOPd. The van der Waals surface area contributed by atoms with Gasteiger partial charge in [0.1, 0.15) is 0 Å². The first-order chi connectivity index (χ1) is 11.5. The predicted molar refractivity (Wildman–Crippen MR) is 108 cm³/mol. The number of para-hydroxylation sites is 1. The topological polar surface area (TPSA) is 21.6 Å². The number of benzene rings is 1. The van der Waals surface area contributed by atoms with E-state index in [4.69, 9.17) is 9.73 Å². The number of nitrogens with zero attached hydrogens (tertiary/aromatic N) is 1. The third kappa shape index (κ3) is 7.14. The van der Waals surface area contributed by atoms with Gasteiger partial charge < -0.3 is 12.2 Å². The van der Waals surface area contributed by atoms with E-state index in [9.17, 15) is 0 Å². The zero-order valence-corrected chi connectivity index (χ0v) is 18.8. The molecule has 0 N–H and O–H groups in total. The average molecular weight is 458 g/mol. The molecule has 1 aromatic carbocycles. The molecule has 2 rings (SSSR count). The summed E-state index contributed by atoms with van der Waals surface area (Å²) in [7, 11) is 6.29. The van der Waals surface area contributed by atoms with Gasteiger partial charge in [-0.25, -0.2) is 0 Å². The molecule has 0 heterocycles. The van der Waals surface area contributed by atoms with E-state index in [1.165, 1.54) is 36.1 Å². The number of ether oxygens (including phenoxy) is 1. The molecule has 0 radical (unpaired) electrons. The summed E-state index contributed by atoms with van der Waals surface area (Å²) in [5.41, 5.74) is 3.93. The normalized spacial score (nSPS) is 19.9. The fourth-order valence-electron chi connectivity index (χ4n) is 3.51. The summed E-state index contributed by atoms with van der Waals surface area (Å²) < 4.78 is 5.37. The van der Waals surface area contributed by atoms with Crippen LogP contribution in [0, 0.1) is 19.3 Å². The molecule has 2 nitrogen and oxygen atoms in total. The first-order valence-corrected chi connectivity index (χ1v) is 10.8. The number of halogens is 1. The zero-order valence-electron chi connectivity index (χ0n) is 16.5. The van der Waals surface area contributed by atoms with Crippen LogP contribution in [-0.4, -0.2) is 19.9 Å². The molecule has 2 unspecified atom stereocenters. The fourth-order valence-corrected chi connectivity index (χ4v) is 3.51.